The summed E-state index contributed by atoms with van der Waals surface area (Å²) in [5, 5.41) is 8.90. The Morgan fingerprint density at radius 3 is 2.95 bits per heavy atom. The van der Waals surface area contributed by atoms with Crippen LogP contribution in [0, 0.1) is 11.3 Å². The van der Waals surface area contributed by atoms with Crippen LogP contribution in [-0.4, -0.2) is 0 Å². The molecule has 2 nitrogen and oxygen atoms in total. The molecule has 0 fully saturated rings. The fourth-order valence-electron chi connectivity index (χ4n) is 1.72. The maximum atomic E-state index is 8.90. The summed E-state index contributed by atoms with van der Waals surface area (Å²) < 4.78 is 6.72. The summed E-state index contributed by atoms with van der Waals surface area (Å²) >= 11 is 3.47. The highest BCUT2D eigenvalue weighted by molar-refractivity contribution is 9.10. The lowest BCUT2D eigenvalue weighted by atomic mass is 10.1. The third-order valence-electron chi connectivity index (χ3n) is 2.75. The van der Waals surface area contributed by atoms with Gasteiger partial charge in [-0.25, -0.2) is 0 Å². The van der Waals surface area contributed by atoms with E-state index in [9.17, 15) is 0 Å². The Kier molecular flexibility index (Phi) is 5.00. The summed E-state index contributed by atoms with van der Waals surface area (Å²) in [4.78, 5) is 0. The Labute approximate surface area is 121 Å². The summed E-state index contributed by atoms with van der Waals surface area (Å²) in [6, 6.07) is 7.63. The van der Waals surface area contributed by atoms with E-state index in [-0.39, 0.29) is 0 Å². The van der Waals surface area contributed by atoms with Crippen molar-refractivity contribution < 1.29 is 4.74 Å². The van der Waals surface area contributed by atoms with E-state index in [1.165, 1.54) is 0 Å². The maximum Gasteiger partial charge on any atom is 0.119 e. The van der Waals surface area contributed by atoms with E-state index in [1.807, 2.05) is 30.4 Å². The van der Waals surface area contributed by atoms with Gasteiger partial charge in [-0.15, -0.1) is 0 Å². The van der Waals surface area contributed by atoms with Gasteiger partial charge >= 0.3 is 0 Å². The molecule has 0 amide bonds. The molecule has 0 radical (unpaired) electrons. The monoisotopic (exact) mass is 315 g/mol. The first-order valence-corrected chi connectivity index (χ1v) is 6.93. The zero-order valence-electron chi connectivity index (χ0n) is 10.5. The Morgan fingerprint density at radius 1 is 1.26 bits per heavy atom. The molecule has 3 heteroatoms. The van der Waals surface area contributed by atoms with Gasteiger partial charge in [0.15, 0.2) is 0 Å². The second kappa shape index (κ2) is 6.96. The minimum absolute atomic E-state index is 0.445. The van der Waals surface area contributed by atoms with Gasteiger partial charge in [0.2, 0.25) is 0 Å². The number of halogens is 1. The third-order valence-corrected chi connectivity index (χ3v) is 3.52. The van der Waals surface area contributed by atoms with E-state index < -0.39 is 0 Å². The molecule has 0 aliphatic heterocycles. The van der Waals surface area contributed by atoms with Gasteiger partial charge in [0.25, 0.3) is 0 Å². The first-order valence-electron chi connectivity index (χ1n) is 6.14. The molecule has 0 bridgehead atoms. The first-order chi connectivity index (χ1) is 9.29. The molecule has 0 saturated heterocycles. The Balaban J connectivity index is 2.08. The van der Waals surface area contributed by atoms with Crippen molar-refractivity contribution in [3.63, 3.8) is 0 Å². The Morgan fingerprint density at radius 2 is 2.11 bits per heavy atom. The van der Waals surface area contributed by atoms with Crippen LogP contribution in [0.3, 0.4) is 0 Å². The molecule has 96 valence electrons. The van der Waals surface area contributed by atoms with E-state index in [0.717, 1.165) is 28.6 Å². The van der Waals surface area contributed by atoms with Gasteiger partial charge in [-0.1, -0.05) is 34.2 Å². The molecule has 19 heavy (non-hydrogen) atoms. The number of nitriles is 1. The standard InChI is InChI=1S/C16H14BrNO/c17-16-9-8-13(11-18)10-14(16)12-19-15-6-4-2-1-3-5-7-15/h2,4-10H,1,3,12H2/b4-2-,7-5-,15-6+. The van der Waals surface area contributed by atoms with E-state index in [4.69, 9.17) is 10.00 Å². The largest absolute Gasteiger partial charge is 0.489 e. The summed E-state index contributed by atoms with van der Waals surface area (Å²) in [5.74, 6) is 0.838. The average Bonchev–Trinajstić information content (AvgIpc) is 2.39. The number of hydrogen-bond donors (Lipinski definition) is 0. The molecule has 0 atom stereocenters. The summed E-state index contributed by atoms with van der Waals surface area (Å²) in [5.41, 5.74) is 1.61. The summed E-state index contributed by atoms with van der Waals surface area (Å²) in [6.45, 7) is 0.445. The van der Waals surface area contributed by atoms with Gasteiger partial charge in [-0.05, 0) is 43.2 Å². The molecule has 1 aromatic rings. The normalized spacial score (nSPS) is 20.3. The van der Waals surface area contributed by atoms with Crippen LogP contribution in [-0.2, 0) is 11.3 Å². The van der Waals surface area contributed by atoms with E-state index in [2.05, 4.69) is 34.2 Å². The van der Waals surface area contributed by atoms with E-state index in [1.54, 1.807) is 6.07 Å². The molecule has 0 aromatic heterocycles. The van der Waals surface area contributed by atoms with Crippen molar-refractivity contribution in [1.82, 2.24) is 0 Å². The molecule has 2 rings (SSSR count). The van der Waals surface area contributed by atoms with Crippen molar-refractivity contribution in [2.45, 2.75) is 19.4 Å². The molecule has 0 saturated carbocycles. The van der Waals surface area contributed by atoms with Crippen LogP contribution in [0.5, 0.6) is 0 Å². The van der Waals surface area contributed by atoms with E-state index in [0.29, 0.717) is 12.2 Å². The highest BCUT2D eigenvalue weighted by Crippen LogP contribution is 2.20. The molecular weight excluding hydrogens is 302 g/mol. The number of ether oxygens (including phenoxy) is 1. The number of nitrogens with zero attached hydrogens (tertiary/aromatic N) is 1. The molecular formula is C16H14BrNO. The Bertz CT molecular complexity index is 579. The molecule has 0 spiro atoms. The number of rotatable bonds is 3. The van der Waals surface area contributed by atoms with Crippen molar-refractivity contribution in [2.24, 2.45) is 0 Å². The smallest absolute Gasteiger partial charge is 0.119 e. The van der Waals surface area contributed by atoms with Crippen LogP contribution in [0.15, 0.2) is 58.8 Å². The lowest BCUT2D eigenvalue weighted by Gasteiger charge is -2.09. The fraction of sp³-hybridized carbons (Fsp3) is 0.188. The first kappa shape index (κ1) is 13.6. The molecule has 1 aliphatic rings. The minimum atomic E-state index is 0.445. The third kappa shape index (κ3) is 4.11. The second-order valence-corrected chi connectivity index (χ2v) is 5.04. The van der Waals surface area contributed by atoms with E-state index >= 15 is 0 Å². The summed E-state index contributed by atoms with van der Waals surface area (Å²) in [6.07, 6.45) is 12.3. The van der Waals surface area contributed by atoms with Crippen LogP contribution in [0.4, 0.5) is 0 Å². The second-order valence-electron chi connectivity index (χ2n) is 4.18. The van der Waals surface area contributed by atoms with Gasteiger partial charge in [0, 0.05) is 10.0 Å². The summed E-state index contributed by atoms with van der Waals surface area (Å²) in [7, 11) is 0. The molecule has 0 heterocycles. The lowest BCUT2D eigenvalue weighted by molar-refractivity contribution is 0.210. The molecule has 1 aromatic carbocycles. The highest BCUT2D eigenvalue weighted by atomic mass is 79.9. The van der Waals surface area contributed by atoms with Gasteiger partial charge in [0.05, 0.1) is 11.6 Å². The van der Waals surface area contributed by atoms with Crippen molar-refractivity contribution in [2.75, 3.05) is 0 Å². The van der Waals surface area contributed by atoms with Crippen LogP contribution < -0.4 is 0 Å². The number of allylic oxidation sites excluding steroid dienone is 5. The van der Waals surface area contributed by atoms with Gasteiger partial charge in [-0.2, -0.15) is 5.26 Å². The maximum absolute atomic E-state index is 8.90. The van der Waals surface area contributed by atoms with Gasteiger partial charge in [0.1, 0.15) is 12.4 Å². The highest BCUT2D eigenvalue weighted by Gasteiger charge is 2.03. The predicted molar refractivity (Wildman–Crippen MR) is 79.2 cm³/mol. The average molecular weight is 316 g/mol. The minimum Gasteiger partial charge on any atom is -0.489 e. The van der Waals surface area contributed by atoms with Crippen molar-refractivity contribution >= 4 is 15.9 Å². The van der Waals surface area contributed by atoms with Crippen LogP contribution in [0.2, 0.25) is 0 Å². The van der Waals surface area contributed by atoms with Crippen molar-refractivity contribution in [1.29, 1.82) is 5.26 Å². The van der Waals surface area contributed by atoms with Crippen LogP contribution >= 0.6 is 15.9 Å². The van der Waals surface area contributed by atoms with Gasteiger partial charge in [-0.3, -0.25) is 0 Å². The Hall–Kier alpha value is -1.79. The zero-order chi connectivity index (χ0) is 13.5. The molecule has 0 N–H and O–H groups in total. The van der Waals surface area contributed by atoms with Crippen LogP contribution in [0.1, 0.15) is 24.0 Å². The van der Waals surface area contributed by atoms with Crippen molar-refractivity contribution in [3.05, 3.63) is 69.9 Å². The molecule has 1 aliphatic carbocycles. The van der Waals surface area contributed by atoms with Crippen LogP contribution in [0.25, 0.3) is 0 Å². The zero-order valence-corrected chi connectivity index (χ0v) is 12.1. The lowest BCUT2D eigenvalue weighted by Crippen LogP contribution is -1.94. The molecule has 0 unspecified atom stereocenters. The number of benzene rings is 1. The topological polar surface area (TPSA) is 33.0 Å². The quantitative estimate of drug-likeness (QED) is 0.814. The number of hydrogen-bond acceptors (Lipinski definition) is 2. The predicted octanol–water partition coefficient (Wildman–Crippen LogP) is 4.63. The fourth-order valence-corrected chi connectivity index (χ4v) is 2.08. The van der Waals surface area contributed by atoms with Gasteiger partial charge < -0.3 is 4.74 Å². The van der Waals surface area contributed by atoms with Crippen molar-refractivity contribution in [3.8, 4) is 6.07 Å². The SMILES string of the molecule is N#Cc1ccc(Br)c(COC2=C/C=C\CC/C=C\2)c1.